The van der Waals surface area contributed by atoms with Gasteiger partial charge in [-0.25, -0.2) is 19.3 Å². The predicted octanol–water partition coefficient (Wildman–Crippen LogP) is 3.78. The number of halogens is 1. The van der Waals surface area contributed by atoms with Gasteiger partial charge in [0, 0.05) is 34.3 Å². The van der Waals surface area contributed by atoms with Crippen LogP contribution in [0.2, 0.25) is 0 Å². The van der Waals surface area contributed by atoms with Crippen molar-refractivity contribution in [3.63, 3.8) is 0 Å². The van der Waals surface area contributed by atoms with E-state index in [4.69, 9.17) is 8.53 Å². The number of fused-ring (bicyclic) bond motifs is 2. The Hall–Kier alpha value is -3.55. The Morgan fingerprint density at radius 3 is 2.93 bits per heavy atom. The number of carbonyl (C=O) groups excluding carboxylic acids is 1. The summed E-state index contributed by atoms with van der Waals surface area (Å²) in [5, 5.41) is 5.92. The Morgan fingerprint density at radius 1 is 1.29 bits per heavy atom. The number of para-hydroxylation sites is 2. The number of alkyl halides is 1. The Morgan fingerprint density at radius 2 is 2.14 bits per heavy atom. The summed E-state index contributed by atoms with van der Waals surface area (Å²) in [7, 11) is 0. The normalized spacial score (nSPS) is 20.4. The summed E-state index contributed by atoms with van der Waals surface area (Å²) in [6, 6.07) is 8.81. The number of aromatic nitrogens is 3. The molecule has 1 saturated carbocycles. The van der Waals surface area contributed by atoms with Crippen molar-refractivity contribution < 1.29 is 17.7 Å². The van der Waals surface area contributed by atoms with Gasteiger partial charge < -0.3 is 15.1 Å². The molecule has 1 amide bonds. The van der Waals surface area contributed by atoms with Crippen molar-refractivity contribution in [1.29, 1.82) is 0 Å². The Bertz CT molecular complexity index is 1290. The van der Waals surface area contributed by atoms with Gasteiger partial charge in [0.05, 0.1) is 11.5 Å². The van der Waals surface area contributed by atoms with Crippen molar-refractivity contribution >= 4 is 39.4 Å². The van der Waals surface area contributed by atoms with Crippen molar-refractivity contribution in [3.8, 4) is 11.5 Å². The fraction of sp³-hybridized carbons (Fsp3) is 0.200. The lowest BCUT2D eigenvalue weighted by molar-refractivity contribution is -0.117. The van der Waals surface area contributed by atoms with E-state index in [0.29, 0.717) is 27.4 Å². The minimum atomic E-state index is -2.46. The van der Waals surface area contributed by atoms with Crippen LogP contribution < -0.4 is 10.6 Å². The van der Waals surface area contributed by atoms with E-state index in [2.05, 4.69) is 25.6 Å². The van der Waals surface area contributed by atoms with Crippen LogP contribution in [0.5, 0.6) is 0 Å². The molecule has 3 heterocycles. The number of rotatable bonds is 4. The second kappa shape index (κ2) is 6.26. The molecule has 1 fully saturated rings. The number of pyridine rings is 2. The molecule has 0 unspecified atom stereocenters. The monoisotopic (exact) mass is 380 g/mol. The van der Waals surface area contributed by atoms with Crippen LogP contribution in [0.4, 0.5) is 16.0 Å². The molecule has 1 aliphatic rings. The lowest BCUT2D eigenvalue weighted by Gasteiger charge is -2.10. The van der Waals surface area contributed by atoms with Crippen LogP contribution in [-0.4, -0.2) is 34.0 Å². The van der Waals surface area contributed by atoms with Crippen LogP contribution in [0, 0.1) is 5.92 Å². The maximum atomic E-state index is 13.2. The zero-order chi connectivity index (χ0) is 21.8. The third kappa shape index (κ3) is 2.74. The summed E-state index contributed by atoms with van der Waals surface area (Å²) in [5.74, 6) is -0.517. The van der Waals surface area contributed by atoms with Crippen LogP contribution in [0.25, 0.3) is 33.3 Å². The molecule has 0 saturated heterocycles. The van der Waals surface area contributed by atoms with E-state index < -0.39 is 25.0 Å². The second-order valence-corrected chi connectivity index (χ2v) is 6.59. The Labute approximate surface area is 163 Å². The van der Waals surface area contributed by atoms with Gasteiger partial charge in [0.25, 0.3) is 0 Å². The molecule has 0 radical (unpaired) electrons. The van der Waals surface area contributed by atoms with Crippen LogP contribution >= 0.6 is 0 Å². The third-order valence-corrected chi connectivity index (χ3v) is 4.72. The van der Waals surface area contributed by atoms with E-state index in [-0.39, 0.29) is 23.9 Å². The molecule has 5 rings (SSSR count). The van der Waals surface area contributed by atoms with Crippen LogP contribution in [0.3, 0.4) is 0 Å². The first-order valence-corrected chi connectivity index (χ1v) is 8.66. The number of carbonyl (C=O) groups is 1. The number of nitrogens with one attached hydrogen (secondary N) is 2. The Balaban J connectivity index is 1.63. The summed E-state index contributed by atoms with van der Waals surface area (Å²) in [6.07, 6.45) is 1.92. The van der Waals surface area contributed by atoms with Gasteiger partial charge in [0.1, 0.15) is 23.3 Å². The summed E-state index contributed by atoms with van der Waals surface area (Å²) in [4.78, 5) is 25.0. The summed E-state index contributed by atoms with van der Waals surface area (Å²) >= 11 is 0. The molecular formula is C20H16FN5O2. The van der Waals surface area contributed by atoms with Gasteiger partial charge in [-0.1, -0.05) is 12.1 Å². The van der Waals surface area contributed by atoms with E-state index >= 15 is 0 Å². The molecule has 8 heteroatoms. The van der Waals surface area contributed by atoms with Crippen molar-refractivity contribution in [1.82, 2.24) is 15.0 Å². The Kier molecular flexibility index (Phi) is 3.04. The van der Waals surface area contributed by atoms with Crippen molar-refractivity contribution in [3.05, 3.63) is 42.7 Å². The highest BCUT2D eigenvalue weighted by atomic mass is 19.1. The van der Waals surface area contributed by atoms with E-state index in [1.165, 1.54) is 12.4 Å². The molecule has 0 aliphatic heterocycles. The zero-order valence-corrected chi connectivity index (χ0v) is 14.4. The van der Waals surface area contributed by atoms with Crippen LogP contribution in [0.15, 0.2) is 47.1 Å². The van der Waals surface area contributed by atoms with Gasteiger partial charge in [0.15, 0.2) is 5.58 Å². The molecule has 4 aromatic rings. The first-order chi connectivity index (χ1) is 14.8. The van der Waals surface area contributed by atoms with Gasteiger partial charge in [-0.15, -0.1) is 0 Å². The number of anilines is 2. The van der Waals surface area contributed by atoms with Gasteiger partial charge in [-0.05, 0) is 24.6 Å². The standard InChI is InChI=1S/C20H16FN5O2/c1-22-18-12-8-23-17(26-19(27)11-6-14(11)21)7-10(12)13(9-24-18)20-25-15-4-2-3-5-16(15)28-20/h2-5,7-9,11,14H,6H2,1H3,(H,22,24)(H,23,26,27)/t11-,14-/m1/s1/i1D3. The average Bonchev–Trinajstić information content (AvgIpc) is 3.29. The average molecular weight is 380 g/mol. The molecule has 3 aromatic heterocycles. The van der Waals surface area contributed by atoms with Crippen LogP contribution in [-0.2, 0) is 4.79 Å². The molecule has 28 heavy (non-hydrogen) atoms. The molecule has 0 spiro atoms. The van der Waals surface area contributed by atoms with Gasteiger partial charge in [0.2, 0.25) is 11.8 Å². The summed E-state index contributed by atoms with van der Waals surface area (Å²) in [5.41, 5.74) is 1.73. The molecule has 0 bridgehead atoms. The SMILES string of the molecule is [2H]C([2H])([2H])Nc1ncc(-c2nc3ccccc3o2)c2cc(NC(=O)[C@@H]3C[C@H]3F)ncc12. The highest BCUT2D eigenvalue weighted by Crippen LogP contribution is 2.36. The largest absolute Gasteiger partial charge is 0.436 e. The topological polar surface area (TPSA) is 92.9 Å². The number of oxazole rings is 1. The molecule has 7 nitrogen and oxygen atoms in total. The smallest absolute Gasteiger partial charge is 0.231 e. The highest BCUT2D eigenvalue weighted by molar-refractivity contribution is 6.03. The van der Waals surface area contributed by atoms with Gasteiger partial charge in [-0.2, -0.15) is 0 Å². The lowest BCUT2D eigenvalue weighted by Crippen LogP contribution is -2.15. The van der Waals surface area contributed by atoms with E-state index in [9.17, 15) is 9.18 Å². The lowest BCUT2D eigenvalue weighted by atomic mass is 10.1. The fourth-order valence-electron chi connectivity index (χ4n) is 3.12. The predicted molar refractivity (Wildman–Crippen MR) is 104 cm³/mol. The number of benzene rings is 1. The van der Waals surface area contributed by atoms with Crippen molar-refractivity contribution in [2.75, 3.05) is 17.6 Å². The summed E-state index contributed by atoms with van der Waals surface area (Å²) in [6.45, 7) is -2.46. The number of amides is 1. The van der Waals surface area contributed by atoms with Gasteiger partial charge >= 0.3 is 0 Å². The molecule has 140 valence electrons. The van der Waals surface area contributed by atoms with Gasteiger partial charge in [-0.3, -0.25) is 4.79 Å². The third-order valence-electron chi connectivity index (χ3n) is 4.72. The second-order valence-electron chi connectivity index (χ2n) is 6.59. The van der Waals surface area contributed by atoms with E-state index in [1.807, 2.05) is 12.1 Å². The first kappa shape index (κ1) is 13.6. The highest BCUT2D eigenvalue weighted by Gasteiger charge is 2.43. The maximum Gasteiger partial charge on any atom is 0.231 e. The van der Waals surface area contributed by atoms with Crippen LogP contribution in [0.1, 0.15) is 10.5 Å². The van der Waals surface area contributed by atoms with E-state index in [0.717, 1.165) is 0 Å². The number of hydrogen-bond acceptors (Lipinski definition) is 6. The molecule has 1 aliphatic carbocycles. The van der Waals surface area contributed by atoms with Crippen molar-refractivity contribution in [2.24, 2.45) is 5.92 Å². The van der Waals surface area contributed by atoms with Crippen molar-refractivity contribution in [2.45, 2.75) is 12.6 Å². The minimum absolute atomic E-state index is 0.103. The van der Waals surface area contributed by atoms with E-state index in [1.54, 1.807) is 18.2 Å². The molecular weight excluding hydrogens is 361 g/mol. The molecule has 2 atom stereocenters. The zero-order valence-electron chi connectivity index (χ0n) is 17.4. The maximum absolute atomic E-state index is 13.2. The molecule has 2 N–H and O–H groups in total. The molecule has 1 aromatic carbocycles. The number of nitrogens with zero attached hydrogens (tertiary/aromatic N) is 3. The summed E-state index contributed by atoms with van der Waals surface area (Å²) < 4.78 is 41.5. The fourth-order valence-corrected chi connectivity index (χ4v) is 3.12. The number of hydrogen-bond donors (Lipinski definition) is 2. The quantitative estimate of drug-likeness (QED) is 0.560. The minimum Gasteiger partial charge on any atom is -0.436 e. The first-order valence-electron chi connectivity index (χ1n) is 10.2.